The van der Waals surface area contributed by atoms with Crippen molar-refractivity contribution in [1.29, 1.82) is 0 Å². The van der Waals surface area contributed by atoms with Crippen LogP contribution < -0.4 is 5.32 Å². The Morgan fingerprint density at radius 3 is 2.25 bits per heavy atom. The van der Waals surface area contributed by atoms with Crippen molar-refractivity contribution in [3.8, 4) is 11.1 Å². The number of fused-ring (bicyclic) bond motifs is 3. The number of nitrogens with zero attached hydrogens (tertiary/aromatic N) is 1. The van der Waals surface area contributed by atoms with Crippen LogP contribution in [0.3, 0.4) is 0 Å². The molecule has 5 nitrogen and oxygen atoms in total. The number of pyridine rings is 1. The topological polar surface area (TPSA) is 71.5 Å². The lowest BCUT2D eigenvalue weighted by Crippen LogP contribution is -2.40. The van der Waals surface area contributed by atoms with Crippen molar-refractivity contribution in [3.63, 3.8) is 0 Å². The molecule has 1 aliphatic rings. The zero-order valence-corrected chi connectivity index (χ0v) is 15.4. The number of rotatable bonds is 6. The van der Waals surface area contributed by atoms with Gasteiger partial charge in [-0.3, -0.25) is 4.98 Å². The summed E-state index contributed by atoms with van der Waals surface area (Å²) < 4.78 is 5.53. The molecule has 4 rings (SSSR count). The van der Waals surface area contributed by atoms with E-state index in [4.69, 9.17) is 4.74 Å². The third-order valence-corrected chi connectivity index (χ3v) is 5.07. The Morgan fingerprint density at radius 1 is 1.00 bits per heavy atom. The first-order valence-electron chi connectivity index (χ1n) is 9.38. The van der Waals surface area contributed by atoms with Gasteiger partial charge in [0.15, 0.2) is 0 Å². The molecular formula is C23H22N2O3. The Labute approximate surface area is 164 Å². The molecule has 28 heavy (non-hydrogen) atoms. The second-order valence-electron chi connectivity index (χ2n) is 6.87. The maximum absolute atomic E-state index is 12.3. The summed E-state index contributed by atoms with van der Waals surface area (Å²) in [5.41, 5.74) is 5.53. The lowest BCUT2D eigenvalue weighted by molar-refractivity contribution is 0.132. The average Bonchev–Trinajstić information content (AvgIpc) is 3.06. The van der Waals surface area contributed by atoms with Crippen molar-refractivity contribution in [2.45, 2.75) is 18.4 Å². The maximum Gasteiger partial charge on any atom is 0.407 e. The number of aliphatic hydroxyl groups excluding tert-OH is 1. The third-order valence-electron chi connectivity index (χ3n) is 5.07. The van der Waals surface area contributed by atoms with Crippen molar-refractivity contribution in [2.24, 2.45) is 0 Å². The zero-order valence-electron chi connectivity index (χ0n) is 15.4. The number of hydrogen-bond donors (Lipinski definition) is 2. The highest BCUT2D eigenvalue weighted by molar-refractivity contribution is 5.79. The fourth-order valence-corrected chi connectivity index (χ4v) is 3.74. The van der Waals surface area contributed by atoms with E-state index in [1.165, 1.54) is 22.3 Å². The number of hydrogen-bond acceptors (Lipinski definition) is 4. The summed E-state index contributed by atoms with van der Waals surface area (Å²) in [7, 11) is 0. The van der Waals surface area contributed by atoms with Gasteiger partial charge in [-0.15, -0.1) is 0 Å². The van der Waals surface area contributed by atoms with Crippen LogP contribution in [0.5, 0.6) is 0 Å². The van der Waals surface area contributed by atoms with Gasteiger partial charge in [-0.05, 0) is 34.4 Å². The Kier molecular flexibility index (Phi) is 5.35. The molecule has 0 spiro atoms. The first-order valence-corrected chi connectivity index (χ1v) is 9.38. The first-order chi connectivity index (χ1) is 13.8. The average molecular weight is 374 g/mol. The van der Waals surface area contributed by atoms with Crippen molar-refractivity contribution in [3.05, 3.63) is 89.7 Å². The molecule has 0 saturated heterocycles. The van der Waals surface area contributed by atoms with Crippen LogP contribution in [0, 0.1) is 0 Å². The molecule has 0 fully saturated rings. The lowest BCUT2D eigenvalue weighted by Gasteiger charge is -2.18. The van der Waals surface area contributed by atoms with Gasteiger partial charge in [0.05, 0.1) is 12.6 Å². The molecule has 1 aromatic heterocycles. The predicted octanol–water partition coefficient (Wildman–Crippen LogP) is 3.52. The minimum Gasteiger partial charge on any atom is -0.449 e. The van der Waals surface area contributed by atoms with E-state index in [-0.39, 0.29) is 19.1 Å². The van der Waals surface area contributed by atoms with Gasteiger partial charge in [0, 0.05) is 24.2 Å². The molecule has 1 heterocycles. The molecule has 0 aliphatic heterocycles. The normalized spacial score (nSPS) is 13.5. The SMILES string of the molecule is O=C(NC(CO)Cc1ccccn1)OCC1c2ccccc2-c2ccccc21. The number of benzene rings is 2. The van der Waals surface area contributed by atoms with E-state index in [1.807, 2.05) is 42.5 Å². The van der Waals surface area contributed by atoms with Gasteiger partial charge in [0.2, 0.25) is 0 Å². The highest BCUT2D eigenvalue weighted by Crippen LogP contribution is 2.44. The second-order valence-corrected chi connectivity index (χ2v) is 6.87. The Morgan fingerprint density at radius 2 is 1.64 bits per heavy atom. The van der Waals surface area contributed by atoms with Gasteiger partial charge in [-0.1, -0.05) is 54.6 Å². The number of carbonyl (C=O) groups excluding carboxylic acids is 1. The number of amides is 1. The van der Waals surface area contributed by atoms with E-state index in [0.29, 0.717) is 6.42 Å². The molecule has 5 heteroatoms. The van der Waals surface area contributed by atoms with E-state index >= 15 is 0 Å². The summed E-state index contributed by atoms with van der Waals surface area (Å²) in [5, 5.41) is 12.3. The Hall–Kier alpha value is -3.18. The largest absolute Gasteiger partial charge is 0.449 e. The van der Waals surface area contributed by atoms with Crippen LogP contribution in [0.25, 0.3) is 11.1 Å². The molecule has 2 N–H and O–H groups in total. The van der Waals surface area contributed by atoms with Gasteiger partial charge in [-0.2, -0.15) is 0 Å². The van der Waals surface area contributed by atoms with Crippen LogP contribution in [-0.2, 0) is 11.2 Å². The fraction of sp³-hybridized carbons (Fsp3) is 0.217. The van der Waals surface area contributed by atoms with Crippen LogP contribution in [-0.4, -0.2) is 35.4 Å². The summed E-state index contributed by atoms with van der Waals surface area (Å²) in [6, 6.07) is 21.6. The van der Waals surface area contributed by atoms with Crippen LogP contribution in [0.1, 0.15) is 22.7 Å². The molecule has 142 valence electrons. The molecule has 0 radical (unpaired) electrons. The number of nitrogens with one attached hydrogen (secondary N) is 1. The van der Waals surface area contributed by atoms with Gasteiger partial charge < -0.3 is 15.2 Å². The summed E-state index contributed by atoms with van der Waals surface area (Å²) in [5.74, 6) is 0.0153. The molecule has 0 bridgehead atoms. The molecule has 0 saturated carbocycles. The van der Waals surface area contributed by atoms with Crippen LogP contribution in [0.15, 0.2) is 72.9 Å². The number of ether oxygens (including phenoxy) is 1. The third kappa shape index (κ3) is 3.75. The zero-order chi connectivity index (χ0) is 19.3. The molecule has 1 atom stereocenters. The highest BCUT2D eigenvalue weighted by atomic mass is 16.5. The summed E-state index contributed by atoms with van der Waals surface area (Å²) >= 11 is 0. The monoisotopic (exact) mass is 374 g/mol. The quantitative estimate of drug-likeness (QED) is 0.692. The maximum atomic E-state index is 12.3. The summed E-state index contributed by atoms with van der Waals surface area (Å²) in [6.07, 6.45) is 1.61. The number of carbonyl (C=O) groups is 1. The molecule has 1 aliphatic carbocycles. The summed E-state index contributed by atoms with van der Waals surface area (Å²) in [4.78, 5) is 16.5. The van der Waals surface area contributed by atoms with Crippen molar-refractivity contribution in [2.75, 3.05) is 13.2 Å². The minimum atomic E-state index is -0.531. The van der Waals surface area contributed by atoms with Crippen molar-refractivity contribution >= 4 is 6.09 Å². The number of aromatic nitrogens is 1. The molecule has 3 aromatic rings. The van der Waals surface area contributed by atoms with Crippen molar-refractivity contribution < 1.29 is 14.6 Å². The van der Waals surface area contributed by atoms with E-state index in [9.17, 15) is 9.90 Å². The van der Waals surface area contributed by atoms with Gasteiger partial charge in [0.25, 0.3) is 0 Å². The van der Waals surface area contributed by atoms with E-state index < -0.39 is 12.1 Å². The Balaban J connectivity index is 1.41. The standard InChI is InChI=1S/C23H22N2O3/c26-14-17(13-16-7-5-6-12-24-16)25-23(27)28-15-22-20-10-3-1-8-18(20)19-9-2-4-11-21(19)22/h1-12,17,22,26H,13-15H2,(H,25,27). The smallest absolute Gasteiger partial charge is 0.407 e. The second kappa shape index (κ2) is 8.23. The van der Waals surface area contributed by atoms with Crippen LogP contribution in [0.2, 0.25) is 0 Å². The molecule has 1 amide bonds. The molecule has 2 aromatic carbocycles. The van der Waals surface area contributed by atoms with Gasteiger partial charge in [-0.25, -0.2) is 4.79 Å². The fourth-order valence-electron chi connectivity index (χ4n) is 3.74. The van der Waals surface area contributed by atoms with E-state index in [0.717, 1.165) is 5.69 Å². The molecular weight excluding hydrogens is 352 g/mol. The van der Waals surface area contributed by atoms with Gasteiger partial charge >= 0.3 is 6.09 Å². The predicted molar refractivity (Wildman–Crippen MR) is 107 cm³/mol. The lowest BCUT2D eigenvalue weighted by atomic mass is 9.98. The van der Waals surface area contributed by atoms with Crippen molar-refractivity contribution in [1.82, 2.24) is 10.3 Å². The van der Waals surface area contributed by atoms with E-state index in [2.05, 4.69) is 34.6 Å². The van der Waals surface area contributed by atoms with Crippen LogP contribution >= 0.6 is 0 Å². The van der Waals surface area contributed by atoms with Crippen LogP contribution in [0.4, 0.5) is 4.79 Å². The Bertz CT molecular complexity index is 913. The van der Waals surface area contributed by atoms with Gasteiger partial charge in [0.1, 0.15) is 6.61 Å². The number of alkyl carbamates (subject to hydrolysis) is 1. The first kappa shape index (κ1) is 18.2. The molecule has 1 unspecified atom stereocenters. The van der Waals surface area contributed by atoms with E-state index in [1.54, 1.807) is 6.20 Å². The minimum absolute atomic E-state index is 0.0153. The number of aliphatic hydroxyl groups is 1. The summed E-state index contributed by atoms with van der Waals surface area (Å²) in [6.45, 7) is 0.0718. The highest BCUT2D eigenvalue weighted by Gasteiger charge is 2.29.